The summed E-state index contributed by atoms with van der Waals surface area (Å²) >= 11 is 7.29. The average Bonchev–Trinajstić information content (AvgIpc) is 3.17. The standard InChI is InChI=1S/C16H24ClN3O3S/c1-11-9-24-15(18-11)19-13(21)8-20(7-12-5-4-6-23-12)14(22)16(2,3)10-17/h9,12H,4-8,10H2,1-3H3,(H,18,19,21). The first-order valence-corrected chi connectivity index (χ1v) is 9.42. The Labute approximate surface area is 151 Å². The smallest absolute Gasteiger partial charge is 0.245 e. The molecule has 24 heavy (non-hydrogen) atoms. The summed E-state index contributed by atoms with van der Waals surface area (Å²) in [5.74, 6) is -0.208. The second kappa shape index (κ2) is 8.27. The number of amides is 2. The number of aryl methyl sites for hydroxylation is 1. The van der Waals surface area contributed by atoms with Crippen LogP contribution in [0, 0.1) is 12.3 Å². The first-order valence-electron chi connectivity index (χ1n) is 8.01. The van der Waals surface area contributed by atoms with Crippen LogP contribution in [-0.2, 0) is 14.3 Å². The highest BCUT2D eigenvalue weighted by Gasteiger charge is 2.34. The van der Waals surface area contributed by atoms with E-state index in [2.05, 4.69) is 10.3 Å². The van der Waals surface area contributed by atoms with Crippen molar-refractivity contribution in [2.45, 2.75) is 39.7 Å². The SMILES string of the molecule is Cc1csc(NC(=O)CN(CC2CCCO2)C(=O)C(C)(C)CCl)n1. The Kier molecular flexibility index (Phi) is 6.60. The molecule has 0 aromatic carbocycles. The van der Waals surface area contributed by atoms with Crippen LogP contribution >= 0.6 is 22.9 Å². The van der Waals surface area contributed by atoms with Crippen molar-refractivity contribution in [1.29, 1.82) is 0 Å². The zero-order valence-electron chi connectivity index (χ0n) is 14.3. The molecule has 134 valence electrons. The number of alkyl halides is 1. The second-order valence-electron chi connectivity index (χ2n) is 6.68. The lowest BCUT2D eigenvalue weighted by molar-refractivity contribution is -0.143. The van der Waals surface area contributed by atoms with E-state index >= 15 is 0 Å². The highest BCUT2D eigenvalue weighted by atomic mass is 35.5. The molecule has 0 saturated carbocycles. The Morgan fingerprint density at radius 2 is 2.29 bits per heavy atom. The van der Waals surface area contributed by atoms with Gasteiger partial charge in [-0.05, 0) is 33.6 Å². The van der Waals surface area contributed by atoms with Gasteiger partial charge in [0.15, 0.2) is 5.13 Å². The van der Waals surface area contributed by atoms with Crippen LogP contribution in [0.5, 0.6) is 0 Å². The van der Waals surface area contributed by atoms with Gasteiger partial charge in [-0.3, -0.25) is 9.59 Å². The van der Waals surface area contributed by atoms with Crippen LogP contribution in [0.4, 0.5) is 5.13 Å². The summed E-state index contributed by atoms with van der Waals surface area (Å²) in [6.07, 6.45) is 1.86. The zero-order chi connectivity index (χ0) is 17.7. The molecule has 1 aromatic rings. The molecule has 1 aromatic heterocycles. The van der Waals surface area contributed by atoms with Crippen LogP contribution < -0.4 is 5.32 Å². The Bertz CT molecular complexity index is 585. The number of hydrogen-bond acceptors (Lipinski definition) is 5. The molecule has 1 aliphatic rings. The van der Waals surface area contributed by atoms with E-state index in [4.69, 9.17) is 16.3 Å². The number of rotatable bonds is 7. The lowest BCUT2D eigenvalue weighted by Crippen LogP contribution is -2.48. The van der Waals surface area contributed by atoms with Gasteiger partial charge in [-0.15, -0.1) is 22.9 Å². The second-order valence-corrected chi connectivity index (χ2v) is 7.81. The number of nitrogens with one attached hydrogen (secondary N) is 1. The molecule has 2 rings (SSSR count). The van der Waals surface area contributed by atoms with Crippen molar-refractivity contribution in [3.05, 3.63) is 11.1 Å². The Morgan fingerprint density at radius 1 is 1.54 bits per heavy atom. The number of anilines is 1. The van der Waals surface area contributed by atoms with Gasteiger partial charge in [0.2, 0.25) is 11.8 Å². The molecule has 1 N–H and O–H groups in total. The van der Waals surface area contributed by atoms with Crippen molar-refractivity contribution in [3.63, 3.8) is 0 Å². The molecule has 8 heteroatoms. The highest BCUT2D eigenvalue weighted by molar-refractivity contribution is 7.13. The summed E-state index contributed by atoms with van der Waals surface area (Å²) in [6, 6.07) is 0. The minimum Gasteiger partial charge on any atom is -0.376 e. The van der Waals surface area contributed by atoms with Gasteiger partial charge in [0.25, 0.3) is 0 Å². The maximum absolute atomic E-state index is 12.8. The number of halogens is 1. The third-order valence-corrected chi connectivity index (χ3v) is 5.39. The van der Waals surface area contributed by atoms with Crippen LogP contribution in [0.1, 0.15) is 32.4 Å². The predicted molar refractivity (Wildman–Crippen MR) is 95.5 cm³/mol. The van der Waals surface area contributed by atoms with Gasteiger partial charge >= 0.3 is 0 Å². The highest BCUT2D eigenvalue weighted by Crippen LogP contribution is 2.23. The summed E-state index contributed by atoms with van der Waals surface area (Å²) in [4.78, 5) is 30.8. The molecule has 0 radical (unpaired) electrons. The molecule has 0 spiro atoms. The van der Waals surface area contributed by atoms with Crippen molar-refractivity contribution in [2.75, 3.05) is 30.9 Å². The molecule has 1 atom stereocenters. The summed E-state index contributed by atoms with van der Waals surface area (Å²) in [5.41, 5.74) is 0.129. The largest absolute Gasteiger partial charge is 0.376 e. The summed E-state index contributed by atoms with van der Waals surface area (Å²) in [6.45, 7) is 6.51. The van der Waals surface area contributed by atoms with Crippen molar-refractivity contribution in [1.82, 2.24) is 9.88 Å². The molecule has 0 aliphatic carbocycles. The number of ether oxygens (including phenoxy) is 1. The average molecular weight is 374 g/mol. The number of carbonyl (C=O) groups is 2. The van der Waals surface area contributed by atoms with Gasteiger partial charge in [0.05, 0.1) is 17.2 Å². The van der Waals surface area contributed by atoms with Gasteiger partial charge in [-0.1, -0.05) is 0 Å². The van der Waals surface area contributed by atoms with E-state index in [1.165, 1.54) is 11.3 Å². The summed E-state index contributed by atoms with van der Waals surface area (Å²) in [5, 5.41) is 5.15. The molecule has 2 amide bonds. The van der Waals surface area contributed by atoms with Gasteiger partial charge in [0, 0.05) is 24.4 Å². The molecule has 0 bridgehead atoms. The fourth-order valence-electron chi connectivity index (χ4n) is 2.48. The maximum atomic E-state index is 12.8. The number of carbonyl (C=O) groups excluding carboxylic acids is 2. The molecule has 1 saturated heterocycles. The molecule has 1 fully saturated rings. The van der Waals surface area contributed by atoms with Crippen molar-refractivity contribution in [3.8, 4) is 0 Å². The fraction of sp³-hybridized carbons (Fsp3) is 0.688. The van der Waals surface area contributed by atoms with Crippen LogP contribution in [0.15, 0.2) is 5.38 Å². The van der Waals surface area contributed by atoms with Crippen molar-refractivity contribution in [2.24, 2.45) is 5.41 Å². The topological polar surface area (TPSA) is 71.5 Å². The quantitative estimate of drug-likeness (QED) is 0.746. The Hall–Kier alpha value is -1.18. The van der Waals surface area contributed by atoms with Gasteiger partial charge in [-0.2, -0.15) is 0 Å². The van der Waals surface area contributed by atoms with Crippen molar-refractivity contribution >= 4 is 39.9 Å². The minimum atomic E-state index is -0.724. The monoisotopic (exact) mass is 373 g/mol. The molecule has 2 heterocycles. The van der Waals surface area contributed by atoms with E-state index in [0.717, 1.165) is 18.5 Å². The summed E-state index contributed by atoms with van der Waals surface area (Å²) in [7, 11) is 0. The number of nitrogens with zero attached hydrogens (tertiary/aromatic N) is 2. The van der Waals surface area contributed by atoms with Crippen LogP contribution in [-0.4, -0.2) is 53.4 Å². The first kappa shape index (κ1) is 19.1. The number of aromatic nitrogens is 1. The van der Waals surface area contributed by atoms with Crippen molar-refractivity contribution < 1.29 is 14.3 Å². The normalized spacial score (nSPS) is 17.8. The van der Waals surface area contributed by atoms with Crippen LogP contribution in [0.3, 0.4) is 0 Å². The van der Waals surface area contributed by atoms with Gasteiger partial charge < -0.3 is 15.0 Å². The van der Waals surface area contributed by atoms with Crippen LogP contribution in [0.2, 0.25) is 0 Å². The van der Waals surface area contributed by atoms with E-state index < -0.39 is 5.41 Å². The van der Waals surface area contributed by atoms with Gasteiger partial charge in [0.1, 0.15) is 6.54 Å². The number of thiazole rings is 1. The molecular formula is C16H24ClN3O3S. The van der Waals surface area contributed by atoms with E-state index in [0.29, 0.717) is 18.3 Å². The van der Waals surface area contributed by atoms with E-state index in [1.807, 2.05) is 12.3 Å². The summed E-state index contributed by atoms with van der Waals surface area (Å²) < 4.78 is 5.61. The predicted octanol–water partition coefficient (Wildman–Crippen LogP) is 2.66. The molecule has 1 unspecified atom stereocenters. The maximum Gasteiger partial charge on any atom is 0.245 e. The number of hydrogen-bond donors (Lipinski definition) is 1. The molecule has 6 nitrogen and oxygen atoms in total. The third-order valence-electron chi connectivity index (χ3n) is 3.85. The van der Waals surface area contributed by atoms with E-state index in [1.54, 1.807) is 18.7 Å². The fourth-order valence-corrected chi connectivity index (χ4v) is 3.30. The minimum absolute atomic E-state index is 0.0185. The third kappa shape index (κ3) is 5.16. The van der Waals surface area contributed by atoms with Crippen LogP contribution in [0.25, 0.3) is 0 Å². The Morgan fingerprint density at radius 3 is 2.83 bits per heavy atom. The van der Waals surface area contributed by atoms with Gasteiger partial charge in [-0.25, -0.2) is 4.98 Å². The lowest BCUT2D eigenvalue weighted by atomic mass is 9.94. The zero-order valence-corrected chi connectivity index (χ0v) is 15.9. The Balaban J connectivity index is 2.03. The van der Waals surface area contributed by atoms with E-state index in [-0.39, 0.29) is 30.3 Å². The molecular weight excluding hydrogens is 350 g/mol. The van der Waals surface area contributed by atoms with E-state index in [9.17, 15) is 9.59 Å². The lowest BCUT2D eigenvalue weighted by Gasteiger charge is -2.31. The first-order chi connectivity index (χ1) is 11.3. The molecule has 1 aliphatic heterocycles.